The van der Waals surface area contributed by atoms with Crippen LogP contribution in [0.4, 0.5) is 0 Å². The molecule has 3 heteroatoms. The van der Waals surface area contributed by atoms with Gasteiger partial charge in [0, 0.05) is 10.8 Å². The number of esters is 1. The predicted molar refractivity (Wildman–Crippen MR) is 83.8 cm³/mol. The van der Waals surface area contributed by atoms with Gasteiger partial charge in [-0.2, -0.15) is 0 Å². The zero-order valence-corrected chi connectivity index (χ0v) is 12.0. The number of phenols is 1. The first-order valence-electron chi connectivity index (χ1n) is 6.94. The van der Waals surface area contributed by atoms with Crippen LogP contribution in [0.15, 0.2) is 42.5 Å². The van der Waals surface area contributed by atoms with E-state index in [1.807, 2.05) is 49.4 Å². The maximum atomic E-state index is 12.3. The van der Waals surface area contributed by atoms with Crippen molar-refractivity contribution >= 4 is 27.5 Å². The number of aryl methyl sites for hydroxylation is 1. The Morgan fingerprint density at radius 2 is 1.71 bits per heavy atom. The highest BCUT2D eigenvalue weighted by atomic mass is 16.5. The van der Waals surface area contributed by atoms with Gasteiger partial charge in [-0.25, -0.2) is 4.79 Å². The Labute approximate surface area is 122 Å². The number of carbonyl (C=O) groups excluding carboxylic acids is 1. The lowest BCUT2D eigenvalue weighted by molar-refractivity contribution is 0.0526. The second-order valence-electron chi connectivity index (χ2n) is 5.04. The summed E-state index contributed by atoms with van der Waals surface area (Å²) in [7, 11) is 0. The minimum absolute atomic E-state index is 0.0119. The van der Waals surface area contributed by atoms with Gasteiger partial charge in [0.2, 0.25) is 0 Å². The molecule has 3 nitrogen and oxygen atoms in total. The van der Waals surface area contributed by atoms with E-state index in [1.54, 1.807) is 6.92 Å². The maximum absolute atomic E-state index is 12.3. The number of phenolic OH excluding ortho intramolecular Hbond substituents is 1. The molecule has 0 aromatic heterocycles. The van der Waals surface area contributed by atoms with Crippen LogP contribution in [0.2, 0.25) is 0 Å². The van der Waals surface area contributed by atoms with Crippen LogP contribution in [0.3, 0.4) is 0 Å². The van der Waals surface area contributed by atoms with Gasteiger partial charge in [0.05, 0.1) is 6.61 Å². The van der Waals surface area contributed by atoms with Crippen molar-refractivity contribution in [1.29, 1.82) is 0 Å². The van der Waals surface area contributed by atoms with E-state index >= 15 is 0 Å². The maximum Gasteiger partial charge on any atom is 0.342 e. The largest absolute Gasteiger partial charge is 0.506 e. The first-order valence-corrected chi connectivity index (χ1v) is 6.94. The number of aromatic hydroxyl groups is 1. The Bertz CT molecular complexity index is 850. The fraction of sp³-hybridized carbons (Fsp3) is 0.167. The third-order valence-corrected chi connectivity index (χ3v) is 3.63. The second kappa shape index (κ2) is 5.09. The SMILES string of the molecule is CCOC(=O)c1c(O)c2ccccc2c2ccc(C)cc12. The smallest absolute Gasteiger partial charge is 0.342 e. The summed E-state index contributed by atoms with van der Waals surface area (Å²) in [5.74, 6) is -0.501. The van der Waals surface area contributed by atoms with Gasteiger partial charge < -0.3 is 9.84 Å². The molecule has 0 heterocycles. The molecule has 0 fully saturated rings. The number of carbonyl (C=O) groups is 1. The number of benzene rings is 3. The van der Waals surface area contributed by atoms with Crippen molar-refractivity contribution in [3.05, 3.63) is 53.6 Å². The van der Waals surface area contributed by atoms with Crippen LogP contribution in [-0.2, 0) is 4.74 Å². The van der Waals surface area contributed by atoms with Gasteiger partial charge in [0.15, 0.2) is 0 Å². The van der Waals surface area contributed by atoms with Gasteiger partial charge in [-0.1, -0.05) is 48.0 Å². The summed E-state index contributed by atoms with van der Waals surface area (Å²) in [5, 5.41) is 13.8. The predicted octanol–water partition coefficient (Wildman–Crippen LogP) is 4.18. The second-order valence-corrected chi connectivity index (χ2v) is 5.04. The number of hydrogen-bond donors (Lipinski definition) is 1. The molecule has 0 saturated carbocycles. The van der Waals surface area contributed by atoms with Gasteiger partial charge >= 0.3 is 5.97 Å². The molecular formula is C18H16O3. The van der Waals surface area contributed by atoms with Crippen LogP contribution < -0.4 is 0 Å². The Hall–Kier alpha value is -2.55. The number of hydrogen-bond acceptors (Lipinski definition) is 3. The van der Waals surface area contributed by atoms with Crippen LogP contribution >= 0.6 is 0 Å². The van der Waals surface area contributed by atoms with Gasteiger partial charge in [-0.15, -0.1) is 0 Å². The van der Waals surface area contributed by atoms with E-state index in [0.717, 1.165) is 21.7 Å². The molecule has 1 N–H and O–H groups in total. The van der Waals surface area contributed by atoms with Crippen LogP contribution in [0.25, 0.3) is 21.5 Å². The van der Waals surface area contributed by atoms with E-state index in [2.05, 4.69) is 0 Å². The van der Waals surface area contributed by atoms with E-state index in [4.69, 9.17) is 4.74 Å². The summed E-state index contributed by atoms with van der Waals surface area (Å²) in [6.45, 7) is 3.99. The molecule has 3 aromatic rings. The lowest BCUT2D eigenvalue weighted by Gasteiger charge is -2.13. The molecule has 0 saturated heterocycles. The van der Waals surface area contributed by atoms with Crippen molar-refractivity contribution < 1.29 is 14.6 Å². The third kappa shape index (κ3) is 2.11. The monoisotopic (exact) mass is 280 g/mol. The van der Waals surface area contributed by atoms with Crippen LogP contribution in [0.5, 0.6) is 5.75 Å². The standard InChI is InChI=1S/C18H16O3/c1-3-21-18(20)16-15-10-11(2)8-9-13(15)12-6-4-5-7-14(12)17(16)19/h4-10,19H,3H2,1-2H3. The Balaban J connectivity index is 2.50. The third-order valence-electron chi connectivity index (χ3n) is 3.63. The summed E-state index contributed by atoms with van der Waals surface area (Å²) >= 11 is 0. The van der Waals surface area contributed by atoms with Gasteiger partial charge in [0.1, 0.15) is 11.3 Å². The average molecular weight is 280 g/mol. The first kappa shape index (κ1) is 13.4. The molecule has 0 aliphatic carbocycles. The van der Waals surface area contributed by atoms with Crippen molar-refractivity contribution in [3.63, 3.8) is 0 Å². The highest BCUT2D eigenvalue weighted by Gasteiger charge is 2.20. The lowest BCUT2D eigenvalue weighted by atomic mass is 9.95. The van der Waals surface area contributed by atoms with Gasteiger partial charge in [0.25, 0.3) is 0 Å². The minimum atomic E-state index is -0.489. The zero-order chi connectivity index (χ0) is 15.0. The normalized spacial score (nSPS) is 11.0. The van der Waals surface area contributed by atoms with Gasteiger partial charge in [-0.3, -0.25) is 0 Å². The van der Waals surface area contributed by atoms with Crippen molar-refractivity contribution in [1.82, 2.24) is 0 Å². The molecule has 0 aliphatic heterocycles. The topological polar surface area (TPSA) is 46.5 Å². The van der Waals surface area contributed by atoms with Crippen LogP contribution in [0, 0.1) is 6.92 Å². The molecule has 3 rings (SSSR count). The number of ether oxygens (including phenoxy) is 1. The minimum Gasteiger partial charge on any atom is -0.506 e. The Morgan fingerprint density at radius 3 is 2.43 bits per heavy atom. The van der Waals surface area contributed by atoms with E-state index < -0.39 is 5.97 Å². The summed E-state index contributed by atoms with van der Waals surface area (Å²) < 4.78 is 5.11. The molecule has 21 heavy (non-hydrogen) atoms. The summed E-state index contributed by atoms with van der Waals surface area (Å²) in [4.78, 5) is 12.3. The van der Waals surface area contributed by atoms with E-state index in [9.17, 15) is 9.90 Å². The highest BCUT2D eigenvalue weighted by Crippen LogP contribution is 2.38. The van der Waals surface area contributed by atoms with Gasteiger partial charge in [-0.05, 0) is 24.6 Å². The number of rotatable bonds is 2. The Kier molecular flexibility index (Phi) is 3.26. The van der Waals surface area contributed by atoms with Crippen LogP contribution in [0.1, 0.15) is 22.8 Å². The molecule has 0 spiro atoms. The molecule has 0 amide bonds. The van der Waals surface area contributed by atoms with Crippen molar-refractivity contribution in [2.24, 2.45) is 0 Å². The molecule has 3 aromatic carbocycles. The lowest BCUT2D eigenvalue weighted by Crippen LogP contribution is -2.06. The highest BCUT2D eigenvalue weighted by molar-refractivity contribution is 6.19. The summed E-state index contributed by atoms with van der Waals surface area (Å²) in [6.07, 6.45) is 0. The first-order chi connectivity index (χ1) is 10.1. The molecule has 0 atom stereocenters. The Morgan fingerprint density at radius 1 is 1.05 bits per heavy atom. The summed E-state index contributed by atoms with van der Waals surface area (Å²) in [5.41, 5.74) is 1.27. The molecule has 0 radical (unpaired) electrons. The molecule has 0 unspecified atom stereocenters. The van der Waals surface area contributed by atoms with Crippen molar-refractivity contribution in [2.45, 2.75) is 13.8 Å². The molecule has 106 valence electrons. The molecular weight excluding hydrogens is 264 g/mol. The van der Waals surface area contributed by atoms with E-state index in [0.29, 0.717) is 5.39 Å². The van der Waals surface area contributed by atoms with E-state index in [1.165, 1.54) is 0 Å². The quantitative estimate of drug-likeness (QED) is 0.565. The van der Waals surface area contributed by atoms with Crippen molar-refractivity contribution in [2.75, 3.05) is 6.61 Å². The fourth-order valence-electron chi connectivity index (χ4n) is 2.70. The number of fused-ring (bicyclic) bond motifs is 3. The van der Waals surface area contributed by atoms with E-state index in [-0.39, 0.29) is 17.9 Å². The zero-order valence-electron chi connectivity index (χ0n) is 12.0. The molecule has 0 bridgehead atoms. The summed E-state index contributed by atoms with van der Waals surface area (Å²) in [6, 6.07) is 13.4. The average Bonchev–Trinajstić information content (AvgIpc) is 2.47. The van der Waals surface area contributed by atoms with Crippen molar-refractivity contribution in [3.8, 4) is 5.75 Å². The molecule has 0 aliphatic rings. The van der Waals surface area contributed by atoms with Crippen LogP contribution in [-0.4, -0.2) is 17.7 Å². The fourth-order valence-corrected chi connectivity index (χ4v) is 2.70.